The number of aromatic nitrogens is 1. The van der Waals surface area contributed by atoms with Gasteiger partial charge in [-0.05, 0) is 60.5 Å². The van der Waals surface area contributed by atoms with Crippen LogP contribution in [0.25, 0.3) is 11.1 Å². The summed E-state index contributed by atoms with van der Waals surface area (Å²) in [7, 11) is 0. The maximum absolute atomic E-state index is 14.3. The summed E-state index contributed by atoms with van der Waals surface area (Å²) < 4.78 is 40.0. The zero-order chi connectivity index (χ0) is 26.9. The molecule has 1 aromatic heterocycles. The van der Waals surface area contributed by atoms with Crippen molar-refractivity contribution in [2.75, 3.05) is 18.5 Å². The van der Waals surface area contributed by atoms with Crippen molar-refractivity contribution in [3.63, 3.8) is 0 Å². The predicted octanol–water partition coefficient (Wildman–Crippen LogP) is 5.44. The first-order valence-electron chi connectivity index (χ1n) is 12.0. The van der Waals surface area contributed by atoms with Gasteiger partial charge in [0.25, 0.3) is 11.9 Å². The second kappa shape index (κ2) is 10.1. The summed E-state index contributed by atoms with van der Waals surface area (Å²) in [6.07, 6.45) is -0.599. The minimum atomic E-state index is -3.03. The van der Waals surface area contributed by atoms with Gasteiger partial charge in [0, 0.05) is 12.1 Å². The molecule has 1 aliphatic heterocycles. The van der Waals surface area contributed by atoms with Crippen LogP contribution in [0.3, 0.4) is 0 Å². The fraction of sp³-hybridized carbons (Fsp3) is 0.250. The fourth-order valence-corrected chi connectivity index (χ4v) is 4.46. The number of oxazole rings is 1. The highest BCUT2D eigenvalue weighted by molar-refractivity contribution is 5.87. The maximum atomic E-state index is 14.3. The summed E-state index contributed by atoms with van der Waals surface area (Å²) in [5, 5.41) is 12.1. The van der Waals surface area contributed by atoms with E-state index < -0.39 is 36.8 Å². The van der Waals surface area contributed by atoms with Gasteiger partial charge in [-0.25, -0.2) is 13.6 Å². The summed E-state index contributed by atoms with van der Waals surface area (Å²) in [6.45, 7) is 1.14. The summed E-state index contributed by atoms with van der Waals surface area (Å²) >= 11 is 0. The molecule has 2 heterocycles. The van der Waals surface area contributed by atoms with Crippen molar-refractivity contribution in [1.82, 2.24) is 9.88 Å². The van der Waals surface area contributed by atoms with Crippen LogP contribution in [0, 0.1) is 6.92 Å². The number of nitrogens with zero attached hydrogens (tertiary/aromatic N) is 2. The van der Waals surface area contributed by atoms with Gasteiger partial charge in [-0.2, -0.15) is 4.98 Å². The molecule has 0 radical (unpaired) electrons. The van der Waals surface area contributed by atoms with Gasteiger partial charge in [0.15, 0.2) is 5.58 Å². The molecule has 0 spiro atoms. The van der Waals surface area contributed by atoms with E-state index >= 15 is 0 Å². The van der Waals surface area contributed by atoms with Gasteiger partial charge in [0.2, 0.25) is 5.91 Å². The van der Waals surface area contributed by atoms with Crippen molar-refractivity contribution >= 4 is 34.7 Å². The van der Waals surface area contributed by atoms with Crippen molar-refractivity contribution < 1.29 is 32.6 Å². The average molecular weight is 522 g/mol. The second-order valence-electron chi connectivity index (χ2n) is 9.31. The van der Waals surface area contributed by atoms with E-state index in [1.807, 2.05) is 31.2 Å². The van der Waals surface area contributed by atoms with Crippen molar-refractivity contribution in [2.24, 2.45) is 0 Å². The zero-order valence-electron chi connectivity index (χ0n) is 20.5. The molecule has 3 aromatic carbocycles. The van der Waals surface area contributed by atoms with Gasteiger partial charge < -0.3 is 24.5 Å². The molecule has 1 atom stereocenters. The Morgan fingerprint density at radius 2 is 1.92 bits per heavy atom. The number of hydrogen-bond acceptors (Lipinski definition) is 6. The van der Waals surface area contributed by atoms with Crippen LogP contribution in [0.5, 0.6) is 5.75 Å². The van der Waals surface area contributed by atoms with E-state index in [0.717, 1.165) is 16.2 Å². The summed E-state index contributed by atoms with van der Waals surface area (Å²) in [5.74, 6) is -4.22. The number of nitrogens with one attached hydrogen (secondary N) is 1. The number of ether oxygens (including phenoxy) is 1. The Labute approximate surface area is 216 Å². The number of benzene rings is 3. The molecule has 0 bridgehead atoms. The van der Waals surface area contributed by atoms with E-state index in [2.05, 4.69) is 10.3 Å². The van der Waals surface area contributed by atoms with Crippen LogP contribution in [0.4, 0.5) is 20.5 Å². The molecule has 1 amide bonds. The molecule has 5 rings (SSSR count). The number of carboxylic acids is 1. The molecule has 1 aliphatic rings. The average Bonchev–Trinajstić information content (AvgIpc) is 3.43. The number of hydrogen-bond donors (Lipinski definition) is 2. The number of fused-ring (bicyclic) bond motifs is 1. The predicted molar refractivity (Wildman–Crippen MR) is 136 cm³/mol. The summed E-state index contributed by atoms with van der Waals surface area (Å²) in [6, 6.07) is 18.0. The van der Waals surface area contributed by atoms with E-state index in [-0.39, 0.29) is 18.6 Å². The van der Waals surface area contributed by atoms with Crippen molar-refractivity contribution in [3.8, 4) is 5.75 Å². The van der Waals surface area contributed by atoms with Crippen LogP contribution < -0.4 is 10.1 Å². The Morgan fingerprint density at radius 3 is 2.66 bits per heavy atom. The van der Waals surface area contributed by atoms with Crippen LogP contribution in [-0.2, 0) is 11.2 Å². The standard InChI is InChI=1S/C28H25F2N3O5/c1-17-4-2-3-5-22(17)31-27-32-23-11-6-18(12-24(23)38-27)13-25(34)33-16-28(29,30)14-20(33)15-37-21-9-7-19(8-10-21)26(35)36/h2-12,20H,13-16H2,1H3,(H,31,32)(H,35,36)/t20-/m0/s1. The third-order valence-electron chi connectivity index (χ3n) is 6.44. The monoisotopic (exact) mass is 521 g/mol. The molecule has 0 saturated carbocycles. The molecule has 0 aliphatic carbocycles. The highest BCUT2D eigenvalue weighted by Gasteiger charge is 2.47. The second-order valence-corrected chi connectivity index (χ2v) is 9.31. The first-order chi connectivity index (χ1) is 18.2. The molecule has 10 heteroatoms. The first-order valence-corrected chi connectivity index (χ1v) is 12.0. The molecular formula is C28H25F2N3O5. The molecule has 0 unspecified atom stereocenters. The van der Waals surface area contributed by atoms with Crippen molar-refractivity contribution in [3.05, 3.63) is 83.4 Å². The SMILES string of the molecule is Cc1ccccc1Nc1nc2ccc(CC(=O)N3CC(F)(F)C[C@H]3COc3ccc(C(=O)O)cc3)cc2o1. The van der Waals surface area contributed by atoms with Crippen molar-refractivity contribution in [2.45, 2.75) is 31.7 Å². The molecule has 38 heavy (non-hydrogen) atoms. The number of amides is 1. The Bertz CT molecular complexity index is 1490. The summed E-state index contributed by atoms with van der Waals surface area (Å²) in [4.78, 5) is 29.7. The Kier molecular flexibility index (Phi) is 6.71. The topological polar surface area (TPSA) is 105 Å². The van der Waals surface area contributed by atoms with Crippen LogP contribution in [0.1, 0.15) is 27.9 Å². The van der Waals surface area contributed by atoms with E-state index in [1.54, 1.807) is 18.2 Å². The molecule has 1 fully saturated rings. The number of alkyl halides is 2. The number of aromatic carboxylic acids is 1. The largest absolute Gasteiger partial charge is 0.491 e. The Hall–Kier alpha value is -4.47. The molecular weight excluding hydrogens is 496 g/mol. The number of rotatable bonds is 8. The molecule has 4 aromatic rings. The van der Waals surface area contributed by atoms with E-state index in [4.69, 9.17) is 14.3 Å². The number of anilines is 2. The van der Waals surface area contributed by atoms with Gasteiger partial charge in [0.05, 0.1) is 24.6 Å². The lowest BCUT2D eigenvalue weighted by Crippen LogP contribution is -2.40. The lowest BCUT2D eigenvalue weighted by Gasteiger charge is -2.24. The van der Waals surface area contributed by atoms with E-state index in [1.165, 1.54) is 24.3 Å². The molecule has 196 valence electrons. The lowest BCUT2D eigenvalue weighted by atomic mass is 10.1. The van der Waals surface area contributed by atoms with E-state index in [0.29, 0.717) is 28.4 Å². The highest BCUT2D eigenvalue weighted by atomic mass is 19.3. The van der Waals surface area contributed by atoms with Gasteiger partial charge in [0.1, 0.15) is 17.9 Å². The van der Waals surface area contributed by atoms with Gasteiger partial charge in [-0.15, -0.1) is 0 Å². The molecule has 8 nitrogen and oxygen atoms in total. The highest BCUT2D eigenvalue weighted by Crippen LogP contribution is 2.33. The van der Waals surface area contributed by atoms with Crippen LogP contribution in [0.2, 0.25) is 0 Å². The number of carbonyl (C=O) groups excluding carboxylic acids is 1. The van der Waals surface area contributed by atoms with Gasteiger partial charge in [-0.1, -0.05) is 24.3 Å². The van der Waals surface area contributed by atoms with Gasteiger partial charge in [-0.3, -0.25) is 4.79 Å². The zero-order valence-corrected chi connectivity index (χ0v) is 20.5. The third kappa shape index (κ3) is 5.59. The Morgan fingerprint density at radius 1 is 1.16 bits per heavy atom. The van der Waals surface area contributed by atoms with Crippen LogP contribution >= 0.6 is 0 Å². The fourth-order valence-electron chi connectivity index (χ4n) is 4.46. The molecule has 1 saturated heterocycles. The number of carbonyl (C=O) groups is 2. The number of carboxylic acid groups (broad SMARTS) is 1. The lowest BCUT2D eigenvalue weighted by molar-refractivity contribution is -0.133. The van der Waals surface area contributed by atoms with E-state index in [9.17, 15) is 18.4 Å². The number of likely N-dealkylation sites (tertiary alicyclic amines) is 1. The van der Waals surface area contributed by atoms with Crippen LogP contribution in [-0.4, -0.2) is 52.0 Å². The summed E-state index contributed by atoms with van der Waals surface area (Å²) in [5.41, 5.74) is 3.66. The normalized spacial score (nSPS) is 16.5. The first kappa shape index (κ1) is 25.2. The smallest absolute Gasteiger partial charge is 0.335 e. The van der Waals surface area contributed by atoms with Crippen LogP contribution in [0.15, 0.2) is 71.1 Å². The van der Waals surface area contributed by atoms with Crippen molar-refractivity contribution in [1.29, 1.82) is 0 Å². The number of para-hydroxylation sites is 1. The maximum Gasteiger partial charge on any atom is 0.335 e. The number of halogens is 2. The minimum Gasteiger partial charge on any atom is -0.491 e. The minimum absolute atomic E-state index is 0.0862. The molecule has 2 N–H and O–H groups in total. The number of aryl methyl sites for hydroxylation is 1. The quantitative estimate of drug-likeness (QED) is 0.318. The third-order valence-corrected chi connectivity index (χ3v) is 6.44. The van der Waals surface area contributed by atoms with Gasteiger partial charge >= 0.3 is 5.97 Å². The Balaban J connectivity index is 1.26.